The molecule has 1 saturated heterocycles. The van der Waals surface area contributed by atoms with Gasteiger partial charge in [0.1, 0.15) is 0 Å². The monoisotopic (exact) mass is 477 g/mol. The molecule has 0 unspecified atom stereocenters. The van der Waals surface area contributed by atoms with E-state index in [2.05, 4.69) is 15.3 Å². The van der Waals surface area contributed by atoms with Gasteiger partial charge in [-0.1, -0.05) is 27.7 Å². The summed E-state index contributed by atoms with van der Waals surface area (Å²) in [5.74, 6) is -0.399. The lowest BCUT2D eigenvalue weighted by Gasteiger charge is -2.16. The van der Waals surface area contributed by atoms with Crippen molar-refractivity contribution in [3.8, 4) is 0 Å². The molecule has 0 radical (unpaired) electrons. The molecule has 35 heavy (non-hydrogen) atoms. The first-order chi connectivity index (χ1) is 16.7. The lowest BCUT2D eigenvalue weighted by atomic mass is 10.0. The quantitative estimate of drug-likeness (QED) is 0.565. The Morgan fingerprint density at radius 3 is 2.31 bits per heavy atom. The predicted octanol–water partition coefficient (Wildman–Crippen LogP) is 3.35. The van der Waals surface area contributed by atoms with Crippen LogP contribution < -0.4 is 16.6 Å². The van der Waals surface area contributed by atoms with Crippen molar-refractivity contribution in [2.75, 3.05) is 18.4 Å². The van der Waals surface area contributed by atoms with Crippen molar-refractivity contribution in [2.24, 2.45) is 5.92 Å². The molecule has 9 nitrogen and oxygen atoms in total. The van der Waals surface area contributed by atoms with Crippen LogP contribution in [0.2, 0.25) is 0 Å². The maximum Gasteiger partial charge on any atom is 0.330 e. The van der Waals surface area contributed by atoms with Gasteiger partial charge in [0.15, 0.2) is 5.65 Å². The SMILES string of the molecule is CC(C)Cn1c(=O)[nH]c(=O)c2c(C(=O)Nc3ccc(C(=O)N4CCCC4)cc3)cc(C(C)C)nc21. The van der Waals surface area contributed by atoms with Gasteiger partial charge >= 0.3 is 5.69 Å². The molecular formula is C26H31N5O4. The van der Waals surface area contributed by atoms with E-state index >= 15 is 0 Å². The molecule has 9 heteroatoms. The number of nitrogens with zero attached hydrogens (tertiary/aromatic N) is 3. The molecule has 3 heterocycles. The summed E-state index contributed by atoms with van der Waals surface area (Å²) < 4.78 is 1.42. The van der Waals surface area contributed by atoms with E-state index in [0.29, 0.717) is 23.5 Å². The highest BCUT2D eigenvalue weighted by atomic mass is 16.2. The summed E-state index contributed by atoms with van der Waals surface area (Å²) >= 11 is 0. The topological polar surface area (TPSA) is 117 Å². The van der Waals surface area contributed by atoms with Crippen molar-refractivity contribution >= 4 is 28.5 Å². The van der Waals surface area contributed by atoms with Crippen molar-refractivity contribution in [1.82, 2.24) is 19.4 Å². The molecule has 1 aliphatic rings. The highest BCUT2D eigenvalue weighted by Gasteiger charge is 2.22. The molecule has 3 aromatic rings. The molecule has 0 saturated carbocycles. The molecule has 1 fully saturated rings. The maximum absolute atomic E-state index is 13.3. The molecule has 0 aliphatic carbocycles. The van der Waals surface area contributed by atoms with Crippen molar-refractivity contribution in [3.63, 3.8) is 0 Å². The van der Waals surface area contributed by atoms with Gasteiger partial charge in [-0.05, 0) is 55.0 Å². The zero-order valence-electron chi connectivity index (χ0n) is 20.6. The van der Waals surface area contributed by atoms with Gasteiger partial charge in [0.2, 0.25) is 0 Å². The van der Waals surface area contributed by atoms with Crippen LogP contribution in [-0.4, -0.2) is 44.3 Å². The molecule has 2 amide bonds. The van der Waals surface area contributed by atoms with Gasteiger partial charge < -0.3 is 10.2 Å². The molecule has 1 aromatic carbocycles. The number of rotatable bonds is 6. The van der Waals surface area contributed by atoms with Gasteiger partial charge in [0.25, 0.3) is 17.4 Å². The number of aromatic nitrogens is 3. The summed E-state index contributed by atoms with van der Waals surface area (Å²) in [5.41, 5.74) is 0.826. The third kappa shape index (κ3) is 5.03. The van der Waals surface area contributed by atoms with Crippen molar-refractivity contribution < 1.29 is 9.59 Å². The standard InChI is InChI=1S/C26H31N5O4/c1-15(2)14-31-22-21(24(33)29-26(31)35)19(13-20(28-22)16(3)4)23(32)27-18-9-7-17(8-10-18)25(34)30-11-5-6-12-30/h7-10,13,15-16H,5-6,11-12,14H2,1-4H3,(H,27,32)(H,29,33,35). The molecular weight excluding hydrogens is 446 g/mol. The number of anilines is 1. The van der Waals surface area contributed by atoms with Gasteiger partial charge in [0.05, 0.1) is 10.9 Å². The third-order valence-electron chi connectivity index (χ3n) is 6.14. The second-order valence-corrected chi connectivity index (χ2v) is 9.74. The summed E-state index contributed by atoms with van der Waals surface area (Å²) in [6, 6.07) is 8.33. The molecule has 184 valence electrons. The Balaban J connectivity index is 1.72. The number of hydrogen-bond acceptors (Lipinski definition) is 5. The maximum atomic E-state index is 13.3. The number of likely N-dealkylation sites (tertiary alicyclic amines) is 1. The second kappa shape index (κ2) is 9.85. The highest BCUT2D eigenvalue weighted by Crippen LogP contribution is 2.22. The Hall–Kier alpha value is -3.75. The Kier molecular flexibility index (Phi) is 6.86. The minimum absolute atomic E-state index is 0.0169. The van der Waals surface area contributed by atoms with Crippen LogP contribution in [0.15, 0.2) is 39.9 Å². The lowest BCUT2D eigenvalue weighted by molar-refractivity contribution is 0.0792. The van der Waals surface area contributed by atoms with Crippen LogP contribution in [0.3, 0.4) is 0 Å². The number of carbonyl (C=O) groups excluding carboxylic acids is 2. The highest BCUT2D eigenvalue weighted by molar-refractivity contribution is 6.12. The number of aromatic amines is 1. The fraction of sp³-hybridized carbons (Fsp3) is 0.423. The average Bonchev–Trinajstić information content (AvgIpc) is 3.35. The van der Waals surface area contributed by atoms with E-state index in [0.717, 1.165) is 25.9 Å². The number of benzene rings is 1. The van der Waals surface area contributed by atoms with Gasteiger partial charge in [-0.15, -0.1) is 0 Å². The van der Waals surface area contributed by atoms with Crippen LogP contribution in [0.25, 0.3) is 11.0 Å². The smallest absolute Gasteiger partial charge is 0.330 e. The van der Waals surface area contributed by atoms with Crippen LogP contribution in [0.1, 0.15) is 72.9 Å². The zero-order valence-corrected chi connectivity index (χ0v) is 20.6. The van der Waals surface area contributed by atoms with Crippen LogP contribution in [0.4, 0.5) is 5.69 Å². The fourth-order valence-electron chi connectivity index (χ4n) is 4.30. The zero-order chi connectivity index (χ0) is 25.3. The van der Waals surface area contributed by atoms with Crippen LogP contribution in [0.5, 0.6) is 0 Å². The molecule has 2 N–H and O–H groups in total. The molecule has 0 spiro atoms. The minimum atomic E-state index is -0.649. The second-order valence-electron chi connectivity index (χ2n) is 9.74. The molecule has 1 aliphatic heterocycles. The first-order valence-electron chi connectivity index (χ1n) is 12.0. The van der Waals surface area contributed by atoms with E-state index in [4.69, 9.17) is 0 Å². The Morgan fingerprint density at radius 2 is 1.71 bits per heavy atom. The summed E-state index contributed by atoms with van der Waals surface area (Å²) in [5, 5.41) is 2.90. The summed E-state index contributed by atoms with van der Waals surface area (Å²) in [4.78, 5) is 60.1. The van der Waals surface area contributed by atoms with Crippen molar-refractivity contribution in [2.45, 2.75) is 53.0 Å². The van der Waals surface area contributed by atoms with Crippen molar-refractivity contribution in [3.05, 3.63) is 68.0 Å². The van der Waals surface area contributed by atoms with Gasteiger partial charge in [-0.25, -0.2) is 9.78 Å². The van der Waals surface area contributed by atoms with Crippen molar-refractivity contribution in [1.29, 1.82) is 0 Å². The van der Waals surface area contributed by atoms with E-state index in [1.54, 1.807) is 30.3 Å². The summed E-state index contributed by atoms with van der Waals surface area (Å²) in [6.45, 7) is 9.67. The van der Waals surface area contributed by atoms with Crippen LogP contribution in [-0.2, 0) is 6.54 Å². The van der Waals surface area contributed by atoms with E-state index in [1.807, 2.05) is 32.6 Å². The normalized spacial score (nSPS) is 13.7. The van der Waals surface area contributed by atoms with Crippen LogP contribution >= 0.6 is 0 Å². The molecule has 0 bridgehead atoms. The molecule has 4 rings (SSSR count). The molecule has 0 atom stereocenters. The largest absolute Gasteiger partial charge is 0.339 e. The number of hydrogen-bond donors (Lipinski definition) is 2. The first-order valence-corrected chi connectivity index (χ1v) is 12.0. The van der Waals surface area contributed by atoms with E-state index in [9.17, 15) is 19.2 Å². The van der Waals surface area contributed by atoms with Crippen LogP contribution in [0, 0.1) is 5.92 Å². The Bertz CT molecular complexity index is 1380. The van der Waals surface area contributed by atoms with Gasteiger partial charge in [0, 0.05) is 36.6 Å². The van der Waals surface area contributed by atoms with Gasteiger partial charge in [-0.3, -0.25) is 23.9 Å². The molecule has 2 aromatic heterocycles. The van der Waals surface area contributed by atoms with E-state index in [-0.39, 0.29) is 34.3 Å². The van der Waals surface area contributed by atoms with Gasteiger partial charge in [-0.2, -0.15) is 0 Å². The number of fused-ring (bicyclic) bond motifs is 1. The Labute approximate surface area is 203 Å². The predicted molar refractivity (Wildman–Crippen MR) is 135 cm³/mol. The third-order valence-corrected chi connectivity index (χ3v) is 6.14. The number of nitrogens with one attached hydrogen (secondary N) is 2. The number of carbonyl (C=O) groups is 2. The first kappa shape index (κ1) is 24.4. The lowest BCUT2D eigenvalue weighted by Crippen LogP contribution is -2.33. The number of pyridine rings is 1. The summed E-state index contributed by atoms with van der Waals surface area (Å²) in [6.07, 6.45) is 2.03. The average molecular weight is 478 g/mol. The number of amides is 2. The fourth-order valence-corrected chi connectivity index (χ4v) is 4.30. The van der Waals surface area contributed by atoms with E-state index < -0.39 is 17.2 Å². The van der Waals surface area contributed by atoms with E-state index in [1.165, 1.54) is 4.57 Å². The minimum Gasteiger partial charge on any atom is -0.339 e. The summed E-state index contributed by atoms with van der Waals surface area (Å²) in [7, 11) is 0. The Morgan fingerprint density at radius 1 is 1.06 bits per heavy atom. The number of H-pyrrole nitrogens is 1.